The molecule has 1 aromatic carbocycles. The summed E-state index contributed by atoms with van der Waals surface area (Å²) in [6.07, 6.45) is 4.99. The van der Waals surface area contributed by atoms with Gasteiger partial charge in [-0.2, -0.15) is 0 Å². The maximum atomic E-state index is 12.8. The SMILES string of the molecule is C=CCOc1cc(C)ccc1C(=O)Nc1cccc(-c2nncn2CC=C)n1. The maximum Gasteiger partial charge on any atom is 0.260 e. The smallest absolute Gasteiger partial charge is 0.260 e. The first-order valence-corrected chi connectivity index (χ1v) is 8.74. The number of carbonyl (C=O) groups excluding carboxylic acids is 1. The number of amides is 1. The topological polar surface area (TPSA) is 81.9 Å². The van der Waals surface area contributed by atoms with Gasteiger partial charge in [-0.25, -0.2) is 4.98 Å². The highest BCUT2D eigenvalue weighted by atomic mass is 16.5. The number of hydrogen-bond donors (Lipinski definition) is 1. The summed E-state index contributed by atoms with van der Waals surface area (Å²) in [5.74, 6) is 1.20. The van der Waals surface area contributed by atoms with Gasteiger partial charge in [-0.05, 0) is 36.8 Å². The lowest BCUT2D eigenvalue weighted by Gasteiger charge is -2.12. The highest BCUT2D eigenvalue weighted by Crippen LogP contribution is 2.22. The first kappa shape index (κ1) is 19.0. The van der Waals surface area contributed by atoms with Crippen LogP contribution in [0.2, 0.25) is 0 Å². The Morgan fingerprint density at radius 3 is 2.89 bits per heavy atom. The number of ether oxygens (including phenoxy) is 1. The van der Waals surface area contributed by atoms with Gasteiger partial charge in [0.25, 0.3) is 5.91 Å². The Morgan fingerprint density at radius 2 is 2.11 bits per heavy atom. The molecule has 0 saturated heterocycles. The fourth-order valence-electron chi connectivity index (χ4n) is 2.62. The minimum atomic E-state index is -0.309. The van der Waals surface area contributed by atoms with Gasteiger partial charge in [0, 0.05) is 6.54 Å². The van der Waals surface area contributed by atoms with Crippen molar-refractivity contribution in [3.8, 4) is 17.3 Å². The number of rotatable bonds is 8. The first-order chi connectivity index (χ1) is 13.6. The summed E-state index contributed by atoms with van der Waals surface area (Å²) in [5.41, 5.74) is 2.02. The van der Waals surface area contributed by atoms with Crippen LogP contribution in [0, 0.1) is 6.92 Å². The molecule has 2 aromatic heterocycles. The van der Waals surface area contributed by atoms with Gasteiger partial charge in [-0.1, -0.05) is 30.9 Å². The molecule has 0 atom stereocenters. The van der Waals surface area contributed by atoms with Crippen LogP contribution in [0.5, 0.6) is 5.75 Å². The zero-order valence-electron chi connectivity index (χ0n) is 15.6. The number of aromatic nitrogens is 4. The lowest BCUT2D eigenvalue weighted by Crippen LogP contribution is -2.15. The van der Waals surface area contributed by atoms with E-state index in [9.17, 15) is 4.79 Å². The molecular weight excluding hydrogens is 354 g/mol. The van der Waals surface area contributed by atoms with Crippen molar-refractivity contribution in [3.05, 3.63) is 79.2 Å². The lowest BCUT2D eigenvalue weighted by molar-refractivity contribution is 0.102. The number of pyridine rings is 1. The van der Waals surface area contributed by atoms with E-state index in [1.807, 2.05) is 29.7 Å². The largest absolute Gasteiger partial charge is 0.489 e. The summed E-state index contributed by atoms with van der Waals surface area (Å²) in [4.78, 5) is 17.3. The molecule has 0 aliphatic rings. The van der Waals surface area contributed by atoms with E-state index in [1.54, 1.807) is 36.7 Å². The molecule has 0 unspecified atom stereocenters. The summed E-state index contributed by atoms with van der Waals surface area (Å²) < 4.78 is 7.44. The van der Waals surface area contributed by atoms with Gasteiger partial charge in [0.15, 0.2) is 5.82 Å². The zero-order chi connectivity index (χ0) is 19.9. The predicted molar refractivity (Wildman–Crippen MR) is 108 cm³/mol. The number of benzene rings is 1. The molecule has 0 radical (unpaired) electrons. The van der Waals surface area contributed by atoms with Crippen molar-refractivity contribution in [2.24, 2.45) is 0 Å². The number of nitrogens with zero attached hydrogens (tertiary/aromatic N) is 4. The molecule has 3 rings (SSSR count). The van der Waals surface area contributed by atoms with E-state index in [0.717, 1.165) is 5.56 Å². The second-order valence-electron chi connectivity index (χ2n) is 6.06. The van der Waals surface area contributed by atoms with Gasteiger partial charge >= 0.3 is 0 Å². The standard InChI is InChI=1S/C21H21N5O2/c1-4-11-26-14-22-25-20(26)17-7-6-8-19(23-17)24-21(27)16-10-9-15(3)13-18(16)28-12-5-2/h4-10,13-14H,1-2,11-12H2,3H3,(H,23,24,27). The van der Waals surface area contributed by atoms with E-state index >= 15 is 0 Å². The molecule has 7 nitrogen and oxygen atoms in total. The molecule has 7 heteroatoms. The van der Waals surface area contributed by atoms with E-state index in [2.05, 4.69) is 33.7 Å². The van der Waals surface area contributed by atoms with Crippen molar-refractivity contribution in [2.75, 3.05) is 11.9 Å². The highest BCUT2D eigenvalue weighted by molar-refractivity contribution is 6.05. The summed E-state index contributed by atoms with van der Waals surface area (Å²) in [6, 6.07) is 10.7. The molecule has 0 bridgehead atoms. The minimum absolute atomic E-state index is 0.309. The Labute approximate surface area is 163 Å². The van der Waals surface area contributed by atoms with Crippen LogP contribution in [0.25, 0.3) is 11.5 Å². The number of aryl methyl sites for hydroxylation is 1. The second kappa shape index (κ2) is 8.77. The average molecular weight is 375 g/mol. The monoisotopic (exact) mass is 375 g/mol. The summed E-state index contributed by atoms with van der Waals surface area (Å²) >= 11 is 0. The third-order valence-corrected chi connectivity index (χ3v) is 3.90. The molecule has 1 N–H and O–H groups in total. The van der Waals surface area contributed by atoms with Crippen LogP contribution >= 0.6 is 0 Å². The van der Waals surface area contributed by atoms with Crippen molar-refractivity contribution in [1.29, 1.82) is 0 Å². The number of carbonyl (C=O) groups is 1. The van der Waals surface area contributed by atoms with Crippen molar-refractivity contribution in [1.82, 2.24) is 19.7 Å². The molecular formula is C21H21N5O2. The number of allylic oxidation sites excluding steroid dienone is 1. The molecule has 2 heterocycles. The first-order valence-electron chi connectivity index (χ1n) is 8.74. The molecule has 0 fully saturated rings. The Balaban J connectivity index is 1.85. The molecule has 28 heavy (non-hydrogen) atoms. The molecule has 0 aliphatic heterocycles. The zero-order valence-corrected chi connectivity index (χ0v) is 15.6. The minimum Gasteiger partial charge on any atom is -0.489 e. The quantitative estimate of drug-likeness (QED) is 0.608. The van der Waals surface area contributed by atoms with Crippen molar-refractivity contribution in [2.45, 2.75) is 13.5 Å². The van der Waals surface area contributed by atoms with Crippen molar-refractivity contribution < 1.29 is 9.53 Å². The Kier molecular flexibility index (Phi) is 5.96. The molecule has 0 aliphatic carbocycles. The van der Waals surface area contributed by atoms with E-state index in [-0.39, 0.29) is 5.91 Å². The van der Waals surface area contributed by atoms with Crippen LogP contribution in [0.3, 0.4) is 0 Å². The Morgan fingerprint density at radius 1 is 1.25 bits per heavy atom. The van der Waals surface area contributed by atoms with Crippen molar-refractivity contribution in [3.63, 3.8) is 0 Å². The third kappa shape index (κ3) is 4.32. The fourth-order valence-corrected chi connectivity index (χ4v) is 2.62. The van der Waals surface area contributed by atoms with Crippen LogP contribution in [0.4, 0.5) is 5.82 Å². The number of anilines is 1. The van der Waals surface area contributed by atoms with E-state index < -0.39 is 0 Å². The molecule has 0 saturated carbocycles. The molecule has 1 amide bonds. The fraction of sp³-hybridized carbons (Fsp3) is 0.143. The molecule has 3 aromatic rings. The van der Waals surface area contributed by atoms with Gasteiger partial charge in [0.2, 0.25) is 0 Å². The predicted octanol–water partition coefficient (Wildman–Crippen LogP) is 3.65. The molecule has 0 spiro atoms. The van der Waals surface area contributed by atoms with Gasteiger partial charge < -0.3 is 14.6 Å². The number of hydrogen-bond acceptors (Lipinski definition) is 5. The molecule has 142 valence electrons. The summed E-state index contributed by atoms with van der Waals surface area (Å²) in [7, 11) is 0. The highest BCUT2D eigenvalue weighted by Gasteiger charge is 2.15. The van der Waals surface area contributed by atoms with Crippen LogP contribution < -0.4 is 10.1 Å². The Hall–Kier alpha value is -3.74. The van der Waals surface area contributed by atoms with E-state index in [1.165, 1.54) is 0 Å². The van der Waals surface area contributed by atoms with Gasteiger partial charge in [-0.3, -0.25) is 4.79 Å². The van der Waals surface area contributed by atoms with E-state index in [4.69, 9.17) is 4.74 Å². The summed E-state index contributed by atoms with van der Waals surface area (Å²) in [5, 5.41) is 10.8. The van der Waals surface area contributed by atoms with Crippen LogP contribution in [0.1, 0.15) is 15.9 Å². The van der Waals surface area contributed by atoms with Crippen LogP contribution in [0.15, 0.2) is 68.0 Å². The average Bonchev–Trinajstić information content (AvgIpc) is 3.15. The van der Waals surface area contributed by atoms with Gasteiger partial charge in [0.1, 0.15) is 30.2 Å². The second-order valence-corrected chi connectivity index (χ2v) is 6.06. The van der Waals surface area contributed by atoms with Crippen LogP contribution in [-0.4, -0.2) is 32.3 Å². The normalized spacial score (nSPS) is 10.3. The van der Waals surface area contributed by atoms with Crippen molar-refractivity contribution >= 4 is 11.7 Å². The number of nitrogens with one attached hydrogen (secondary N) is 1. The van der Waals surface area contributed by atoms with E-state index in [0.29, 0.717) is 41.8 Å². The third-order valence-electron chi connectivity index (χ3n) is 3.90. The Bertz CT molecular complexity index is 1010. The van der Waals surface area contributed by atoms with Gasteiger partial charge in [-0.15, -0.1) is 16.8 Å². The van der Waals surface area contributed by atoms with Crippen LogP contribution in [-0.2, 0) is 6.54 Å². The lowest BCUT2D eigenvalue weighted by atomic mass is 10.1. The van der Waals surface area contributed by atoms with Gasteiger partial charge in [0.05, 0.1) is 5.56 Å². The summed E-state index contributed by atoms with van der Waals surface area (Å²) in [6.45, 7) is 10.2. The maximum absolute atomic E-state index is 12.8.